The van der Waals surface area contributed by atoms with Crippen molar-refractivity contribution in [2.24, 2.45) is 5.92 Å². The van der Waals surface area contributed by atoms with Gasteiger partial charge in [0.05, 0.1) is 0 Å². The molecule has 1 aromatic heterocycles. The molecule has 2 heterocycles. The Morgan fingerprint density at radius 3 is 2.84 bits per heavy atom. The molecule has 0 N–H and O–H groups in total. The minimum absolute atomic E-state index is 0.229. The lowest BCUT2D eigenvalue weighted by molar-refractivity contribution is -0.124. The molecule has 0 radical (unpaired) electrons. The second-order valence-electron chi connectivity index (χ2n) is 7.11. The lowest BCUT2D eigenvalue weighted by Crippen LogP contribution is -2.39. The summed E-state index contributed by atoms with van der Waals surface area (Å²) in [6.07, 6.45) is 8.77. The maximum Gasteiger partial charge on any atom is 0.137 e. The SMILES string of the molecule is Cc1nccn1CCCN1CCC[C@H](C(=O)CCc2ccccc2)C1. The second kappa shape index (κ2) is 8.95. The van der Waals surface area contributed by atoms with Crippen LogP contribution in [0.1, 0.15) is 37.1 Å². The zero-order valence-corrected chi connectivity index (χ0v) is 15.2. The van der Waals surface area contributed by atoms with E-state index in [1.807, 2.05) is 37.5 Å². The van der Waals surface area contributed by atoms with E-state index in [2.05, 4.69) is 26.6 Å². The molecule has 2 aromatic rings. The fraction of sp³-hybridized carbons (Fsp3) is 0.524. The first-order valence-electron chi connectivity index (χ1n) is 9.49. The van der Waals surface area contributed by atoms with Crippen LogP contribution in [0.25, 0.3) is 0 Å². The molecule has 1 saturated heterocycles. The van der Waals surface area contributed by atoms with Gasteiger partial charge in [-0.3, -0.25) is 4.79 Å². The first kappa shape index (κ1) is 17.9. The normalized spacial score (nSPS) is 18.4. The molecule has 134 valence electrons. The Balaban J connectivity index is 1.41. The molecule has 1 aromatic carbocycles. The number of hydrogen-bond acceptors (Lipinski definition) is 3. The van der Waals surface area contributed by atoms with Crippen molar-refractivity contribution in [3.8, 4) is 0 Å². The molecular weight excluding hydrogens is 310 g/mol. The van der Waals surface area contributed by atoms with Gasteiger partial charge >= 0.3 is 0 Å². The van der Waals surface area contributed by atoms with Crippen molar-refractivity contribution in [2.75, 3.05) is 19.6 Å². The fourth-order valence-electron chi connectivity index (χ4n) is 3.74. The molecule has 1 fully saturated rings. The third-order valence-electron chi connectivity index (χ3n) is 5.26. The molecule has 0 saturated carbocycles. The molecule has 0 bridgehead atoms. The minimum Gasteiger partial charge on any atom is -0.335 e. The van der Waals surface area contributed by atoms with Crippen molar-refractivity contribution in [1.29, 1.82) is 0 Å². The van der Waals surface area contributed by atoms with E-state index in [1.165, 1.54) is 5.56 Å². The van der Waals surface area contributed by atoms with Crippen molar-refractivity contribution in [3.63, 3.8) is 0 Å². The monoisotopic (exact) mass is 339 g/mol. The van der Waals surface area contributed by atoms with Crippen LogP contribution in [0.2, 0.25) is 0 Å². The van der Waals surface area contributed by atoms with Gasteiger partial charge in [0.15, 0.2) is 0 Å². The fourth-order valence-corrected chi connectivity index (χ4v) is 3.74. The molecular formula is C21H29N3O. The van der Waals surface area contributed by atoms with Crippen LogP contribution in [0, 0.1) is 12.8 Å². The summed E-state index contributed by atoms with van der Waals surface area (Å²) in [7, 11) is 0. The predicted molar refractivity (Wildman–Crippen MR) is 101 cm³/mol. The van der Waals surface area contributed by atoms with Crippen molar-refractivity contribution in [3.05, 3.63) is 54.1 Å². The van der Waals surface area contributed by atoms with E-state index in [0.717, 1.165) is 57.7 Å². The van der Waals surface area contributed by atoms with E-state index in [1.54, 1.807) is 0 Å². The van der Waals surface area contributed by atoms with E-state index in [4.69, 9.17) is 0 Å². The third kappa shape index (κ3) is 5.27. The number of rotatable bonds is 8. The van der Waals surface area contributed by atoms with E-state index < -0.39 is 0 Å². The van der Waals surface area contributed by atoms with Crippen molar-refractivity contribution >= 4 is 5.78 Å². The second-order valence-corrected chi connectivity index (χ2v) is 7.11. The standard InChI is InChI=1S/C21H29N3O/c1-18-22-12-16-24(18)15-6-14-23-13-5-9-20(17-23)21(25)11-10-19-7-3-2-4-8-19/h2-4,7-8,12,16,20H,5-6,9-11,13-15,17H2,1H3/t20-/m0/s1. The van der Waals surface area contributed by atoms with Crippen LogP contribution in [-0.2, 0) is 17.8 Å². The first-order chi connectivity index (χ1) is 12.2. The average molecular weight is 339 g/mol. The van der Waals surface area contributed by atoms with Crippen LogP contribution in [0.3, 0.4) is 0 Å². The van der Waals surface area contributed by atoms with Gasteiger partial charge in [0.1, 0.15) is 11.6 Å². The van der Waals surface area contributed by atoms with Gasteiger partial charge in [-0.15, -0.1) is 0 Å². The number of likely N-dealkylation sites (tertiary alicyclic amines) is 1. The number of nitrogens with zero attached hydrogens (tertiary/aromatic N) is 3. The predicted octanol–water partition coefficient (Wildman–Crippen LogP) is 3.50. The number of Topliss-reactive ketones (excluding diaryl/α,β-unsaturated/α-hetero) is 1. The molecule has 0 spiro atoms. The Bertz CT molecular complexity index is 665. The Hall–Kier alpha value is -1.94. The van der Waals surface area contributed by atoms with Gasteiger partial charge in [-0.2, -0.15) is 0 Å². The Kier molecular flexibility index (Phi) is 6.40. The summed E-state index contributed by atoms with van der Waals surface area (Å²) >= 11 is 0. The van der Waals surface area contributed by atoms with Crippen LogP contribution in [0.5, 0.6) is 0 Å². The first-order valence-corrected chi connectivity index (χ1v) is 9.49. The number of hydrogen-bond donors (Lipinski definition) is 0. The zero-order chi connectivity index (χ0) is 17.5. The number of carbonyl (C=O) groups is 1. The molecule has 1 aliphatic rings. The lowest BCUT2D eigenvalue weighted by atomic mass is 9.90. The van der Waals surface area contributed by atoms with Crippen LogP contribution in [-0.4, -0.2) is 39.9 Å². The Morgan fingerprint density at radius 1 is 1.24 bits per heavy atom. The summed E-state index contributed by atoms with van der Waals surface area (Å²) in [6.45, 7) is 6.19. The van der Waals surface area contributed by atoms with Crippen LogP contribution in [0.15, 0.2) is 42.7 Å². The highest BCUT2D eigenvalue weighted by atomic mass is 16.1. The van der Waals surface area contributed by atoms with Gasteiger partial charge in [-0.25, -0.2) is 4.98 Å². The third-order valence-corrected chi connectivity index (χ3v) is 5.26. The smallest absolute Gasteiger partial charge is 0.137 e. The number of imidazole rings is 1. The van der Waals surface area contributed by atoms with Crippen LogP contribution >= 0.6 is 0 Å². The minimum atomic E-state index is 0.229. The molecule has 1 aliphatic heterocycles. The van der Waals surface area contributed by atoms with E-state index in [9.17, 15) is 4.79 Å². The van der Waals surface area contributed by atoms with E-state index in [0.29, 0.717) is 12.2 Å². The molecule has 25 heavy (non-hydrogen) atoms. The summed E-state index contributed by atoms with van der Waals surface area (Å²) in [4.78, 5) is 19.3. The molecule has 3 rings (SSSR count). The largest absolute Gasteiger partial charge is 0.335 e. The van der Waals surface area contributed by atoms with Gasteiger partial charge < -0.3 is 9.47 Å². The van der Waals surface area contributed by atoms with Crippen LogP contribution < -0.4 is 0 Å². The van der Waals surface area contributed by atoms with Crippen LogP contribution in [0.4, 0.5) is 0 Å². The topological polar surface area (TPSA) is 38.1 Å². The molecule has 4 nitrogen and oxygen atoms in total. The van der Waals surface area contributed by atoms with E-state index in [-0.39, 0.29) is 5.92 Å². The molecule has 4 heteroatoms. The van der Waals surface area contributed by atoms with Gasteiger partial charge in [-0.1, -0.05) is 30.3 Å². The summed E-state index contributed by atoms with van der Waals surface area (Å²) in [6, 6.07) is 10.3. The molecule has 0 amide bonds. The number of ketones is 1. The van der Waals surface area contributed by atoms with Crippen molar-refractivity contribution in [2.45, 2.75) is 45.6 Å². The van der Waals surface area contributed by atoms with Gasteiger partial charge in [-0.05, 0) is 51.3 Å². The number of benzene rings is 1. The summed E-state index contributed by atoms with van der Waals surface area (Å²) in [5, 5.41) is 0. The molecule has 1 atom stereocenters. The number of aryl methyl sites for hydroxylation is 3. The molecule has 0 aliphatic carbocycles. The Morgan fingerprint density at radius 2 is 2.08 bits per heavy atom. The van der Waals surface area contributed by atoms with Gasteiger partial charge in [0.2, 0.25) is 0 Å². The van der Waals surface area contributed by atoms with Crippen molar-refractivity contribution < 1.29 is 4.79 Å². The summed E-state index contributed by atoms with van der Waals surface area (Å²) in [5.41, 5.74) is 1.26. The summed E-state index contributed by atoms with van der Waals surface area (Å²) < 4.78 is 2.20. The van der Waals surface area contributed by atoms with Gasteiger partial charge in [0.25, 0.3) is 0 Å². The van der Waals surface area contributed by atoms with Crippen molar-refractivity contribution in [1.82, 2.24) is 14.5 Å². The number of carbonyl (C=O) groups excluding carboxylic acids is 1. The number of piperidine rings is 1. The highest BCUT2D eigenvalue weighted by Crippen LogP contribution is 2.20. The highest BCUT2D eigenvalue weighted by Gasteiger charge is 2.25. The maximum absolute atomic E-state index is 12.6. The lowest BCUT2D eigenvalue weighted by Gasteiger charge is -2.32. The van der Waals surface area contributed by atoms with E-state index >= 15 is 0 Å². The summed E-state index contributed by atoms with van der Waals surface area (Å²) in [5.74, 6) is 1.75. The van der Waals surface area contributed by atoms with Gasteiger partial charge in [0, 0.05) is 37.8 Å². The quantitative estimate of drug-likeness (QED) is 0.739. The Labute approximate surface area is 150 Å². The number of aromatic nitrogens is 2. The maximum atomic E-state index is 12.6. The zero-order valence-electron chi connectivity index (χ0n) is 15.2. The molecule has 0 unspecified atom stereocenters. The highest BCUT2D eigenvalue weighted by molar-refractivity contribution is 5.81. The average Bonchev–Trinajstić information content (AvgIpc) is 3.06.